The van der Waals surface area contributed by atoms with Crippen LogP contribution in [0.15, 0.2) is 73.3 Å². The number of amides is 3. The van der Waals surface area contributed by atoms with Crippen molar-refractivity contribution in [3.8, 4) is 0 Å². The molecule has 2 aromatic rings. The van der Waals surface area contributed by atoms with Gasteiger partial charge in [0.1, 0.15) is 18.1 Å². The summed E-state index contributed by atoms with van der Waals surface area (Å²) in [6.45, 7) is 13.4. The zero-order valence-electron chi connectivity index (χ0n) is 31.7. The minimum absolute atomic E-state index is 0.101. The van der Waals surface area contributed by atoms with Gasteiger partial charge in [-0.3, -0.25) is 14.4 Å². The molecule has 0 unspecified atom stereocenters. The van der Waals surface area contributed by atoms with Gasteiger partial charge >= 0.3 is 5.97 Å². The van der Waals surface area contributed by atoms with Gasteiger partial charge in [0.25, 0.3) is 0 Å². The summed E-state index contributed by atoms with van der Waals surface area (Å²) >= 11 is 0. The van der Waals surface area contributed by atoms with Crippen LogP contribution in [0, 0.1) is 5.92 Å². The fourth-order valence-electron chi connectivity index (χ4n) is 5.52. The van der Waals surface area contributed by atoms with Crippen LogP contribution in [0.25, 0.3) is 0 Å². The second kappa shape index (κ2) is 24.2. The first kappa shape index (κ1) is 43.2. The van der Waals surface area contributed by atoms with E-state index in [0.29, 0.717) is 12.8 Å². The lowest BCUT2D eigenvalue weighted by atomic mass is 10.0. The van der Waals surface area contributed by atoms with Crippen LogP contribution in [-0.4, -0.2) is 60.6 Å². The molecule has 0 saturated heterocycles. The van der Waals surface area contributed by atoms with E-state index in [0.717, 1.165) is 43.2 Å². The van der Waals surface area contributed by atoms with Crippen LogP contribution in [0.5, 0.6) is 0 Å². The predicted octanol–water partition coefficient (Wildman–Crippen LogP) is 7.03. The van der Waals surface area contributed by atoms with Gasteiger partial charge in [-0.1, -0.05) is 113 Å². The number of aryl methyl sites for hydroxylation is 1. The van der Waals surface area contributed by atoms with E-state index in [1.54, 1.807) is 0 Å². The van der Waals surface area contributed by atoms with Gasteiger partial charge in [0.2, 0.25) is 17.7 Å². The number of hydrogen-bond donors (Lipinski definition) is 3. The maximum Gasteiger partial charge on any atom is 0.328 e. The van der Waals surface area contributed by atoms with E-state index < -0.39 is 41.5 Å². The average Bonchev–Trinajstić information content (AvgIpc) is 3.09. The van der Waals surface area contributed by atoms with Gasteiger partial charge in [-0.25, -0.2) is 4.79 Å². The molecule has 0 aliphatic rings. The Morgan fingerprint density at radius 3 is 1.86 bits per heavy atom. The van der Waals surface area contributed by atoms with Crippen molar-refractivity contribution in [2.45, 2.75) is 135 Å². The third kappa shape index (κ3) is 19.9. The number of esters is 1. The largest absolute Gasteiger partial charge is 0.464 e. The molecule has 9 heteroatoms. The maximum absolute atomic E-state index is 13.9. The molecule has 0 aliphatic carbocycles. The van der Waals surface area contributed by atoms with E-state index in [9.17, 15) is 19.2 Å². The minimum atomic E-state index is -1.12. The summed E-state index contributed by atoms with van der Waals surface area (Å²) in [6, 6.07) is 16.1. The number of carbonyl (C=O) groups excluding carboxylic acids is 4. The molecule has 0 fully saturated rings. The average molecular weight is 706 g/mol. The standard InChI is InChI=1S/C42H63N3O6/c1-7-8-9-10-11-12-13-14-21-28-50-41(49)36(29-32(2)3)44-40(48)37(31-51-42(4,5)6)45-39(47)35(30-34-24-19-16-20-25-34)43-38(46)27-26-33-22-17-15-18-23-33/h7,15-20,22-25,32,35-37H,1,8-14,21,26-31H2,2-6H3,(H,43,46)(H,44,48)(H,45,47)/t35-,36-,37-/m0/s1. The van der Waals surface area contributed by atoms with Crippen molar-refractivity contribution in [2.24, 2.45) is 5.92 Å². The quantitative estimate of drug-likeness (QED) is 0.0580. The molecular weight excluding hydrogens is 642 g/mol. The van der Waals surface area contributed by atoms with Crippen LogP contribution >= 0.6 is 0 Å². The van der Waals surface area contributed by atoms with E-state index in [-0.39, 0.29) is 37.9 Å². The summed E-state index contributed by atoms with van der Waals surface area (Å²) in [7, 11) is 0. The summed E-state index contributed by atoms with van der Waals surface area (Å²) < 4.78 is 11.6. The highest BCUT2D eigenvalue weighted by Crippen LogP contribution is 2.13. The van der Waals surface area contributed by atoms with Crippen molar-refractivity contribution in [3.63, 3.8) is 0 Å². The third-order valence-corrected chi connectivity index (χ3v) is 8.34. The fourth-order valence-corrected chi connectivity index (χ4v) is 5.52. The first-order valence-corrected chi connectivity index (χ1v) is 18.8. The highest BCUT2D eigenvalue weighted by Gasteiger charge is 2.32. The van der Waals surface area contributed by atoms with Gasteiger partial charge in [-0.05, 0) is 69.9 Å². The smallest absolute Gasteiger partial charge is 0.328 e. The van der Waals surface area contributed by atoms with E-state index >= 15 is 0 Å². The lowest BCUT2D eigenvalue weighted by Crippen LogP contribution is -2.58. The van der Waals surface area contributed by atoms with E-state index in [4.69, 9.17) is 9.47 Å². The Morgan fingerprint density at radius 1 is 0.725 bits per heavy atom. The normalized spacial score (nSPS) is 13.1. The second-order valence-electron chi connectivity index (χ2n) is 14.7. The van der Waals surface area contributed by atoms with Crippen molar-refractivity contribution < 1.29 is 28.7 Å². The highest BCUT2D eigenvalue weighted by molar-refractivity contribution is 5.93. The summed E-state index contributed by atoms with van der Waals surface area (Å²) in [5.41, 5.74) is 1.28. The van der Waals surface area contributed by atoms with Gasteiger partial charge < -0.3 is 25.4 Å². The topological polar surface area (TPSA) is 123 Å². The number of ether oxygens (including phenoxy) is 2. The molecule has 2 rings (SSSR count). The highest BCUT2D eigenvalue weighted by atomic mass is 16.5. The molecule has 0 heterocycles. The first-order valence-electron chi connectivity index (χ1n) is 18.8. The molecule has 0 bridgehead atoms. The van der Waals surface area contributed by atoms with Crippen LogP contribution in [0.3, 0.4) is 0 Å². The van der Waals surface area contributed by atoms with Crippen molar-refractivity contribution in [1.29, 1.82) is 0 Å². The van der Waals surface area contributed by atoms with E-state index in [1.165, 1.54) is 19.3 Å². The molecule has 9 nitrogen and oxygen atoms in total. The van der Waals surface area contributed by atoms with Crippen molar-refractivity contribution in [2.75, 3.05) is 13.2 Å². The fraction of sp³-hybridized carbons (Fsp3) is 0.571. The molecular formula is C42H63N3O6. The van der Waals surface area contributed by atoms with Crippen molar-refractivity contribution >= 4 is 23.7 Å². The summed E-state index contributed by atoms with van der Waals surface area (Å²) in [4.78, 5) is 53.9. The third-order valence-electron chi connectivity index (χ3n) is 8.34. The van der Waals surface area contributed by atoms with Gasteiger partial charge in [-0.15, -0.1) is 6.58 Å². The minimum Gasteiger partial charge on any atom is -0.464 e. The predicted molar refractivity (Wildman–Crippen MR) is 204 cm³/mol. The number of hydrogen-bond acceptors (Lipinski definition) is 6. The molecule has 3 atom stereocenters. The Hall–Kier alpha value is -3.98. The van der Waals surface area contributed by atoms with E-state index in [2.05, 4.69) is 22.5 Å². The Labute approximate surface area is 306 Å². The molecule has 282 valence electrons. The zero-order chi connectivity index (χ0) is 37.5. The number of rotatable bonds is 25. The monoisotopic (exact) mass is 705 g/mol. The molecule has 0 spiro atoms. The zero-order valence-corrected chi connectivity index (χ0v) is 31.7. The van der Waals surface area contributed by atoms with Crippen LogP contribution in [-0.2, 0) is 41.5 Å². The summed E-state index contributed by atoms with van der Waals surface area (Å²) in [5, 5.41) is 8.56. The SMILES string of the molecule is C=CCCCCCCCCCOC(=O)[C@H](CC(C)C)NC(=O)[C@H](COC(C)(C)C)NC(=O)[C@H](Cc1ccccc1)NC(=O)CCc1ccccc1. The number of allylic oxidation sites excluding steroid dienone is 1. The molecule has 0 aromatic heterocycles. The number of carbonyl (C=O) groups is 4. The molecule has 51 heavy (non-hydrogen) atoms. The van der Waals surface area contributed by atoms with Gasteiger partial charge in [-0.2, -0.15) is 0 Å². The van der Waals surface area contributed by atoms with Crippen LogP contribution < -0.4 is 16.0 Å². The van der Waals surface area contributed by atoms with Gasteiger partial charge in [0.05, 0.1) is 18.8 Å². The van der Waals surface area contributed by atoms with Gasteiger partial charge in [0, 0.05) is 12.8 Å². The summed E-state index contributed by atoms with van der Waals surface area (Å²) in [6.07, 6.45) is 11.9. The Balaban J connectivity index is 2.09. The Kier molecular flexibility index (Phi) is 20.5. The molecule has 0 radical (unpaired) electrons. The molecule has 0 saturated carbocycles. The summed E-state index contributed by atoms with van der Waals surface area (Å²) in [5.74, 6) is -1.74. The van der Waals surface area contributed by atoms with Crippen LogP contribution in [0.2, 0.25) is 0 Å². The molecule has 3 N–H and O–H groups in total. The van der Waals surface area contributed by atoms with E-state index in [1.807, 2.05) is 101 Å². The van der Waals surface area contributed by atoms with Crippen LogP contribution in [0.4, 0.5) is 0 Å². The number of benzene rings is 2. The molecule has 0 aliphatic heterocycles. The number of nitrogens with one attached hydrogen (secondary N) is 3. The lowest BCUT2D eigenvalue weighted by Gasteiger charge is -2.28. The second-order valence-corrected chi connectivity index (χ2v) is 14.7. The molecule has 3 amide bonds. The lowest BCUT2D eigenvalue weighted by molar-refractivity contribution is -0.149. The number of unbranched alkanes of at least 4 members (excludes halogenated alkanes) is 7. The Morgan fingerprint density at radius 2 is 1.27 bits per heavy atom. The van der Waals surface area contributed by atoms with Crippen molar-refractivity contribution in [3.05, 3.63) is 84.4 Å². The van der Waals surface area contributed by atoms with Gasteiger partial charge in [0.15, 0.2) is 0 Å². The van der Waals surface area contributed by atoms with Crippen LogP contribution in [0.1, 0.15) is 110 Å². The first-order chi connectivity index (χ1) is 24.4. The van der Waals surface area contributed by atoms with Crippen molar-refractivity contribution in [1.82, 2.24) is 16.0 Å². The maximum atomic E-state index is 13.9. The molecule has 2 aromatic carbocycles. The Bertz CT molecular complexity index is 1310.